The summed E-state index contributed by atoms with van der Waals surface area (Å²) in [6.45, 7) is 0.259. The number of ether oxygens (including phenoxy) is 1. The van der Waals surface area contributed by atoms with Crippen LogP contribution in [0.5, 0.6) is 0 Å². The molecule has 1 aromatic carbocycles. The van der Waals surface area contributed by atoms with Gasteiger partial charge in [0, 0.05) is 11.4 Å². The van der Waals surface area contributed by atoms with E-state index in [0.29, 0.717) is 5.56 Å². The van der Waals surface area contributed by atoms with Gasteiger partial charge >= 0.3 is 5.97 Å². The van der Waals surface area contributed by atoms with Crippen LogP contribution in [0.25, 0.3) is 0 Å². The Morgan fingerprint density at radius 2 is 2.11 bits per heavy atom. The molecule has 0 aliphatic carbocycles. The van der Waals surface area contributed by atoms with E-state index in [1.807, 2.05) is 47.0 Å². The molecule has 0 saturated carbocycles. The number of hydrogen-bond acceptors (Lipinski definition) is 4. The molecule has 0 saturated heterocycles. The number of methoxy groups -OCH3 is 1. The summed E-state index contributed by atoms with van der Waals surface area (Å²) in [7, 11) is 1.33. The highest BCUT2D eigenvalue weighted by molar-refractivity contribution is 14.1. The standard InChI is InChI=1S/C12H14INO3S/c1-17-12(16)9(13)7-14-11(15)8-5-3-4-6-10(8)18-2/h3-6,9H,7H2,1-2H3,(H,14,15). The van der Waals surface area contributed by atoms with Crippen LogP contribution in [0.3, 0.4) is 0 Å². The molecule has 1 atom stereocenters. The molecule has 0 fully saturated rings. The predicted octanol–water partition coefficient (Wildman–Crippen LogP) is 2.11. The van der Waals surface area contributed by atoms with Crippen molar-refractivity contribution in [2.75, 3.05) is 19.9 Å². The van der Waals surface area contributed by atoms with E-state index in [1.165, 1.54) is 18.9 Å². The minimum Gasteiger partial charge on any atom is -0.468 e. The molecule has 0 aliphatic rings. The normalized spacial score (nSPS) is 11.7. The number of amides is 1. The zero-order valence-corrected chi connectivity index (χ0v) is 13.1. The maximum absolute atomic E-state index is 12.0. The SMILES string of the molecule is COC(=O)C(I)CNC(=O)c1ccccc1SC. The monoisotopic (exact) mass is 379 g/mol. The molecule has 4 nitrogen and oxygen atoms in total. The summed E-state index contributed by atoms with van der Waals surface area (Å²) in [6.07, 6.45) is 1.92. The fraction of sp³-hybridized carbons (Fsp3) is 0.333. The lowest BCUT2D eigenvalue weighted by Crippen LogP contribution is -2.34. The third-order valence-electron chi connectivity index (χ3n) is 2.25. The number of alkyl halides is 1. The number of thioether (sulfide) groups is 1. The second-order valence-electron chi connectivity index (χ2n) is 3.40. The lowest BCUT2D eigenvalue weighted by Gasteiger charge is -2.11. The molecular weight excluding hydrogens is 365 g/mol. The van der Waals surface area contributed by atoms with Gasteiger partial charge in [-0.15, -0.1) is 11.8 Å². The summed E-state index contributed by atoms with van der Waals surface area (Å²) in [6, 6.07) is 7.36. The van der Waals surface area contributed by atoms with Gasteiger partial charge in [-0.05, 0) is 18.4 Å². The van der Waals surface area contributed by atoms with Crippen LogP contribution >= 0.6 is 34.4 Å². The fourth-order valence-corrected chi connectivity index (χ4v) is 2.39. The third kappa shape index (κ3) is 4.16. The Morgan fingerprint density at radius 3 is 2.72 bits per heavy atom. The highest BCUT2D eigenvalue weighted by Gasteiger charge is 2.17. The smallest absolute Gasteiger partial charge is 0.320 e. The van der Waals surface area contributed by atoms with Crippen LogP contribution in [0.1, 0.15) is 10.4 Å². The molecule has 1 unspecified atom stereocenters. The van der Waals surface area contributed by atoms with Gasteiger partial charge in [-0.2, -0.15) is 0 Å². The third-order valence-corrected chi connectivity index (χ3v) is 4.00. The Labute approximate surface area is 124 Å². The van der Waals surface area contributed by atoms with Gasteiger partial charge in [0.15, 0.2) is 0 Å². The minimum atomic E-state index is -0.377. The molecular formula is C12H14INO3S. The first-order valence-corrected chi connectivity index (χ1v) is 7.70. The van der Waals surface area contributed by atoms with Crippen LogP contribution in [0.15, 0.2) is 29.2 Å². The quantitative estimate of drug-likeness (QED) is 0.369. The second-order valence-corrected chi connectivity index (χ2v) is 5.75. The molecule has 1 N–H and O–H groups in total. The van der Waals surface area contributed by atoms with E-state index in [0.717, 1.165) is 4.90 Å². The Balaban J connectivity index is 2.63. The van der Waals surface area contributed by atoms with Crippen LogP contribution < -0.4 is 5.32 Å². The van der Waals surface area contributed by atoms with E-state index in [1.54, 1.807) is 6.07 Å². The number of hydrogen-bond donors (Lipinski definition) is 1. The van der Waals surface area contributed by atoms with Gasteiger partial charge in [0.25, 0.3) is 5.91 Å². The number of carbonyl (C=O) groups excluding carboxylic acids is 2. The predicted molar refractivity (Wildman–Crippen MR) is 80.4 cm³/mol. The second kappa shape index (κ2) is 7.63. The highest BCUT2D eigenvalue weighted by atomic mass is 127. The number of nitrogens with one attached hydrogen (secondary N) is 1. The van der Waals surface area contributed by atoms with Crippen molar-refractivity contribution in [2.24, 2.45) is 0 Å². The van der Waals surface area contributed by atoms with Gasteiger partial charge < -0.3 is 10.1 Å². The summed E-state index contributed by atoms with van der Waals surface area (Å²) in [5.74, 6) is -0.514. The van der Waals surface area contributed by atoms with Crippen molar-refractivity contribution in [1.29, 1.82) is 0 Å². The van der Waals surface area contributed by atoms with Crippen LogP contribution in [0.4, 0.5) is 0 Å². The molecule has 0 spiro atoms. The fourth-order valence-electron chi connectivity index (χ4n) is 1.32. The van der Waals surface area contributed by atoms with E-state index >= 15 is 0 Å². The summed E-state index contributed by atoms with van der Waals surface area (Å²) < 4.78 is 4.22. The highest BCUT2D eigenvalue weighted by Crippen LogP contribution is 2.19. The van der Waals surface area contributed by atoms with Gasteiger partial charge in [0.2, 0.25) is 0 Å². The molecule has 1 amide bonds. The van der Waals surface area contributed by atoms with Crippen molar-refractivity contribution in [1.82, 2.24) is 5.32 Å². The number of carbonyl (C=O) groups is 2. The van der Waals surface area contributed by atoms with Crippen LogP contribution in [0.2, 0.25) is 0 Å². The first-order chi connectivity index (χ1) is 8.60. The van der Waals surface area contributed by atoms with Crippen molar-refractivity contribution in [2.45, 2.75) is 8.82 Å². The lowest BCUT2D eigenvalue weighted by atomic mass is 10.2. The summed E-state index contributed by atoms with van der Waals surface area (Å²) in [5.41, 5.74) is 0.624. The number of esters is 1. The molecule has 6 heteroatoms. The van der Waals surface area contributed by atoms with Gasteiger partial charge in [0.05, 0.1) is 12.7 Å². The van der Waals surface area contributed by atoms with Crippen LogP contribution in [-0.2, 0) is 9.53 Å². The van der Waals surface area contributed by atoms with Gasteiger partial charge in [-0.3, -0.25) is 9.59 Å². The first-order valence-electron chi connectivity index (χ1n) is 5.23. The van der Waals surface area contributed by atoms with Crippen molar-refractivity contribution < 1.29 is 14.3 Å². The van der Waals surface area contributed by atoms with E-state index in [9.17, 15) is 9.59 Å². The molecule has 18 heavy (non-hydrogen) atoms. The zero-order valence-electron chi connectivity index (χ0n) is 10.1. The number of halogens is 1. The molecule has 0 aromatic heterocycles. The van der Waals surface area contributed by atoms with Crippen LogP contribution in [0, 0.1) is 0 Å². The number of rotatable bonds is 5. The Morgan fingerprint density at radius 1 is 1.44 bits per heavy atom. The topological polar surface area (TPSA) is 55.4 Å². The van der Waals surface area contributed by atoms with Crippen LogP contribution in [-0.4, -0.2) is 35.7 Å². The summed E-state index contributed by atoms with van der Waals surface area (Å²) in [4.78, 5) is 24.1. The Hall–Kier alpha value is -0.760. The number of benzene rings is 1. The molecule has 1 aromatic rings. The van der Waals surface area contributed by atoms with E-state index in [2.05, 4.69) is 10.1 Å². The lowest BCUT2D eigenvalue weighted by molar-refractivity contribution is -0.139. The van der Waals surface area contributed by atoms with Gasteiger partial charge in [-0.1, -0.05) is 34.7 Å². The van der Waals surface area contributed by atoms with Crippen molar-refractivity contribution >= 4 is 46.2 Å². The maximum Gasteiger partial charge on any atom is 0.320 e. The molecule has 1 rings (SSSR count). The average Bonchev–Trinajstić information content (AvgIpc) is 2.43. The summed E-state index contributed by atoms with van der Waals surface area (Å²) in [5, 5.41) is 2.73. The molecule has 0 radical (unpaired) electrons. The maximum atomic E-state index is 12.0. The zero-order chi connectivity index (χ0) is 13.5. The molecule has 0 bridgehead atoms. The molecule has 0 aliphatic heterocycles. The summed E-state index contributed by atoms with van der Waals surface area (Å²) >= 11 is 3.46. The van der Waals surface area contributed by atoms with E-state index in [-0.39, 0.29) is 22.3 Å². The molecule has 98 valence electrons. The first kappa shape index (κ1) is 15.3. The largest absolute Gasteiger partial charge is 0.468 e. The van der Waals surface area contributed by atoms with Gasteiger partial charge in [0.1, 0.15) is 3.92 Å². The minimum absolute atomic E-state index is 0.175. The van der Waals surface area contributed by atoms with Crippen molar-refractivity contribution in [3.05, 3.63) is 29.8 Å². The average molecular weight is 379 g/mol. The Bertz CT molecular complexity index is 439. The van der Waals surface area contributed by atoms with E-state index < -0.39 is 0 Å². The van der Waals surface area contributed by atoms with Crippen molar-refractivity contribution in [3.63, 3.8) is 0 Å². The Kier molecular flexibility index (Phi) is 6.48. The van der Waals surface area contributed by atoms with E-state index in [4.69, 9.17) is 0 Å². The molecule has 0 heterocycles. The van der Waals surface area contributed by atoms with Crippen molar-refractivity contribution in [3.8, 4) is 0 Å². The van der Waals surface area contributed by atoms with Gasteiger partial charge in [-0.25, -0.2) is 0 Å².